The number of hydrogen-bond donors (Lipinski definition) is 1. The van der Waals surface area contributed by atoms with E-state index < -0.39 is 0 Å². The molecule has 0 radical (unpaired) electrons. The number of nitrogens with two attached hydrogens (primary N) is 1. The molecule has 2 N–H and O–H groups in total. The predicted molar refractivity (Wildman–Crippen MR) is 94.4 cm³/mol. The zero-order chi connectivity index (χ0) is 16.8. The van der Waals surface area contributed by atoms with E-state index >= 15 is 0 Å². The molecule has 128 valence electrons. The van der Waals surface area contributed by atoms with Crippen LogP contribution < -0.4 is 10.6 Å². The minimum absolute atomic E-state index is 0.352. The maximum absolute atomic E-state index is 6.11. The van der Waals surface area contributed by atoms with Gasteiger partial charge in [-0.15, -0.1) is 0 Å². The molecule has 1 saturated carbocycles. The molecule has 25 heavy (non-hydrogen) atoms. The number of nitrogen functional groups attached to an aromatic ring is 1. The van der Waals surface area contributed by atoms with Gasteiger partial charge in [0.2, 0.25) is 11.8 Å². The van der Waals surface area contributed by atoms with E-state index in [4.69, 9.17) is 10.3 Å². The van der Waals surface area contributed by atoms with Crippen LogP contribution in [0.15, 0.2) is 28.8 Å². The number of rotatable bonds is 3. The van der Waals surface area contributed by atoms with Gasteiger partial charge in [-0.1, -0.05) is 17.3 Å². The lowest BCUT2D eigenvalue weighted by Gasteiger charge is -2.30. The summed E-state index contributed by atoms with van der Waals surface area (Å²) in [5.41, 5.74) is 7.00. The van der Waals surface area contributed by atoms with Gasteiger partial charge in [0.15, 0.2) is 5.82 Å². The van der Waals surface area contributed by atoms with Crippen molar-refractivity contribution in [2.45, 2.75) is 37.5 Å². The van der Waals surface area contributed by atoms with E-state index in [-0.39, 0.29) is 0 Å². The van der Waals surface area contributed by atoms with E-state index in [9.17, 15) is 0 Å². The average Bonchev–Trinajstić information content (AvgIpc) is 3.39. The lowest BCUT2D eigenvalue weighted by atomic mass is 9.96. The highest BCUT2D eigenvalue weighted by molar-refractivity contribution is 5.88. The Balaban J connectivity index is 1.32. The number of nitrogens with zero attached hydrogens (tertiary/aromatic N) is 5. The summed E-state index contributed by atoms with van der Waals surface area (Å²) in [4.78, 5) is 16.0. The maximum Gasteiger partial charge on any atom is 0.229 e. The molecule has 0 bridgehead atoms. The molecule has 0 atom stereocenters. The number of hydrogen-bond acceptors (Lipinski definition) is 7. The van der Waals surface area contributed by atoms with Gasteiger partial charge < -0.3 is 15.2 Å². The first-order valence-electron chi connectivity index (χ1n) is 8.88. The van der Waals surface area contributed by atoms with Gasteiger partial charge in [0.25, 0.3) is 0 Å². The number of fused-ring (bicyclic) bond motifs is 1. The van der Waals surface area contributed by atoms with Crippen LogP contribution in [-0.2, 0) is 0 Å². The van der Waals surface area contributed by atoms with Crippen LogP contribution >= 0.6 is 0 Å². The van der Waals surface area contributed by atoms with Crippen LogP contribution in [0.5, 0.6) is 0 Å². The van der Waals surface area contributed by atoms with Gasteiger partial charge >= 0.3 is 0 Å². The number of aromatic nitrogens is 4. The average molecular weight is 336 g/mol. The smallest absolute Gasteiger partial charge is 0.229 e. The van der Waals surface area contributed by atoms with Crippen molar-refractivity contribution in [2.24, 2.45) is 0 Å². The van der Waals surface area contributed by atoms with Crippen LogP contribution in [0.1, 0.15) is 49.2 Å². The molecule has 3 heterocycles. The molecule has 0 amide bonds. The second-order valence-electron chi connectivity index (χ2n) is 6.95. The first-order valence-corrected chi connectivity index (χ1v) is 8.88. The Bertz CT molecular complexity index is 911. The SMILES string of the molecule is Nc1nc(N2CCC(c3noc(C4CC4)n3)CC2)nc2ccccc12. The molecule has 2 aromatic heterocycles. The lowest BCUT2D eigenvalue weighted by molar-refractivity contribution is 0.364. The molecule has 2 aliphatic rings. The molecular formula is C18H20N6O. The number of piperidine rings is 1. The lowest BCUT2D eigenvalue weighted by Crippen LogP contribution is -2.34. The van der Waals surface area contributed by atoms with Gasteiger partial charge in [-0.25, -0.2) is 4.98 Å². The minimum atomic E-state index is 0.352. The summed E-state index contributed by atoms with van der Waals surface area (Å²) < 4.78 is 5.40. The van der Waals surface area contributed by atoms with Crippen molar-refractivity contribution in [3.8, 4) is 0 Å². The Morgan fingerprint density at radius 1 is 0.960 bits per heavy atom. The molecule has 5 rings (SSSR count). The van der Waals surface area contributed by atoms with Crippen molar-refractivity contribution >= 4 is 22.7 Å². The Kier molecular flexibility index (Phi) is 3.33. The monoisotopic (exact) mass is 336 g/mol. The van der Waals surface area contributed by atoms with Crippen molar-refractivity contribution in [2.75, 3.05) is 23.7 Å². The molecule has 1 aromatic carbocycles. The summed E-state index contributed by atoms with van der Waals surface area (Å²) in [6, 6.07) is 7.85. The number of anilines is 2. The number of benzene rings is 1. The third kappa shape index (κ3) is 2.69. The zero-order valence-electron chi connectivity index (χ0n) is 13.9. The summed E-state index contributed by atoms with van der Waals surface area (Å²) in [5.74, 6) is 3.79. The fraction of sp³-hybridized carbons (Fsp3) is 0.444. The Morgan fingerprint density at radius 3 is 2.56 bits per heavy atom. The van der Waals surface area contributed by atoms with Gasteiger partial charge in [0, 0.05) is 30.3 Å². The Hall–Kier alpha value is -2.70. The highest BCUT2D eigenvalue weighted by Crippen LogP contribution is 2.40. The van der Waals surface area contributed by atoms with Crippen LogP contribution in [0.25, 0.3) is 10.9 Å². The van der Waals surface area contributed by atoms with E-state index in [0.717, 1.165) is 48.5 Å². The molecule has 2 fully saturated rings. The van der Waals surface area contributed by atoms with Crippen LogP contribution in [0.3, 0.4) is 0 Å². The normalized spacial score (nSPS) is 18.8. The van der Waals surface area contributed by atoms with Gasteiger partial charge in [0.05, 0.1) is 5.52 Å². The number of para-hydroxylation sites is 1. The molecule has 1 aliphatic heterocycles. The first-order chi connectivity index (χ1) is 12.3. The van der Waals surface area contributed by atoms with E-state index in [1.54, 1.807) is 0 Å². The topological polar surface area (TPSA) is 94.0 Å². The van der Waals surface area contributed by atoms with E-state index in [1.807, 2.05) is 24.3 Å². The molecule has 7 nitrogen and oxygen atoms in total. The fourth-order valence-corrected chi connectivity index (χ4v) is 3.48. The first kappa shape index (κ1) is 14.6. The standard InChI is InChI=1S/C18H20N6O/c19-15-13-3-1-2-4-14(13)20-18(21-15)24-9-7-11(8-10-24)16-22-17(25-23-16)12-5-6-12/h1-4,11-12H,5-10H2,(H2,19,20,21). The van der Waals surface area contributed by atoms with Gasteiger partial charge in [0.1, 0.15) is 5.82 Å². The molecule has 7 heteroatoms. The summed E-state index contributed by atoms with van der Waals surface area (Å²) in [6.07, 6.45) is 4.31. The van der Waals surface area contributed by atoms with Crippen LogP contribution in [-0.4, -0.2) is 33.2 Å². The van der Waals surface area contributed by atoms with Crippen molar-refractivity contribution in [1.29, 1.82) is 0 Å². The van der Waals surface area contributed by atoms with E-state index in [1.165, 1.54) is 12.8 Å². The summed E-state index contributed by atoms with van der Waals surface area (Å²) >= 11 is 0. The van der Waals surface area contributed by atoms with Crippen LogP contribution in [0.2, 0.25) is 0 Å². The largest absolute Gasteiger partial charge is 0.383 e. The summed E-state index contributed by atoms with van der Waals surface area (Å²) in [6.45, 7) is 1.74. The van der Waals surface area contributed by atoms with Gasteiger partial charge in [-0.05, 0) is 37.8 Å². The molecule has 1 aliphatic carbocycles. The molecule has 0 spiro atoms. The van der Waals surface area contributed by atoms with Crippen molar-refractivity contribution in [3.05, 3.63) is 36.0 Å². The van der Waals surface area contributed by atoms with Gasteiger partial charge in [-0.3, -0.25) is 0 Å². The molecule has 0 unspecified atom stereocenters. The van der Waals surface area contributed by atoms with E-state index in [0.29, 0.717) is 23.6 Å². The zero-order valence-corrected chi connectivity index (χ0v) is 13.9. The van der Waals surface area contributed by atoms with Gasteiger partial charge in [-0.2, -0.15) is 9.97 Å². The second-order valence-corrected chi connectivity index (χ2v) is 6.95. The van der Waals surface area contributed by atoms with Crippen LogP contribution in [0.4, 0.5) is 11.8 Å². The third-order valence-electron chi connectivity index (χ3n) is 5.15. The minimum Gasteiger partial charge on any atom is -0.383 e. The Labute approximate surface area is 145 Å². The summed E-state index contributed by atoms with van der Waals surface area (Å²) in [5, 5.41) is 5.10. The molecule has 1 saturated heterocycles. The fourth-order valence-electron chi connectivity index (χ4n) is 3.48. The van der Waals surface area contributed by atoms with Crippen molar-refractivity contribution < 1.29 is 4.52 Å². The molecular weight excluding hydrogens is 316 g/mol. The third-order valence-corrected chi connectivity index (χ3v) is 5.15. The maximum atomic E-state index is 6.11. The highest BCUT2D eigenvalue weighted by atomic mass is 16.5. The Morgan fingerprint density at radius 2 is 1.76 bits per heavy atom. The predicted octanol–water partition coefficient (Wildman–Crippen LogP) is 2.86. The highest BCUT2D eigenvalue weighted by Gasteiger charge is 2.32. The van der Waals surface area contributed by atoms with Crippen LogP contribution in [0, 0.1) is 0 Å². The van der Waals surface area contributed by atoms with Crippen molar-refractivity contribution in [3.63, 3.8) is 0 Å². The quantitative estimate of drug-likeness (QED) is 0.786. The molecule has 3 aromatic rings. The van der Waals surface area contributed by atoms with Crippen molar-refractivity contribution in [1.82, 2.24) is 20.1 Å². The summed E-state index contributed by atoms with van der Waals surface area (Å²) in [7, 11) is 0. The second kappa shape index (κ2) is 5.68. The van der Waals surface area contributed by atoms with E-state index in [2.05, 4.69) is 25.0 Å².